The van der Waals surface area contributed by atoms with E-state index >= 15 is 0 Å². The molecule has 0 atom stereocenters. The molecule has 16 heavy (non-hydrogen) atoms. The van der Waals surface area contributed by atoms with Gasteiger partial charge in [0.2, 0.25) is 8.32 Å². The summed E-state index contributed by atoms with van der Waals surface area (Å²) in [6.45, 7) is 7.58. The molecule has 0 heterocycles. The first-order chi connectivity index (χ1) is 7.68. The van der Waals surface area contributed by atoms with Crippen molar-refractivity contribution in [3.05, 3.63) is 28.7 Å². The van der Waals surface area contributed by atoms with Gasteiger partial charge in [-0.15, -0.1) is 0 Å². The molecule has 1 aromatic rings. The largest absolute Gasteiger partial charge is 0.412 e. The summed E-state index contributed by atoms with van der Waals surface area (Å²) in [4.78, 5) is 0. The summed E-state index contributed by atoms with van der Waals surface area (Å²) in [5.74, 6) is 0. The highest BCUT2D eigenvalue weighted by atomic mass is 79.9. The zero-order valence-corrected chi connectivity index (χ0v) is 13.0. The molecular formula is C13H21BrOSi. The number of hydrogen-bond donors (Lipinski definition) is 0. The Kier molecular flexibility index (Phi) is 5.73. The number of hydrogen-bond acceptors (Lipinski definition) is 1. The van der Waals surface area contributed by atoms with E-state index in [1.165, 1.54) is 5.19 Å². The van der Waals surface area contributed by atoms with E-state index in [9.17, 15) is 0 Å². The van der Waals surface area contributed by atoms with Gasteiger partial charge in [0.15, 0.2) is 0 Å². The van der Waals surface area contributed by atoms with Gasteiger partial charge < -0.3 is 4.43 Å². The van der Waals surface area contributed by atoms with Gasteiger partial charge in [-0.2, -0.15) is 0 Å². The molecule has 0 aliphatic heterocycles. The van der Waals surface area contributed by atoms with E-state index in [1.807, 2.05) is 0 Å². The van der Waals surface area contributed by atoms with Gasteiger partial charge in [-0.25, -0.2) is 0 Å². The molecule has 0 bridgehead atoms. The molecule has 0 aliphatic carbocycles. The maximum absolute atomic E-state index is 6.23. The van der Waals surface area contributed by atoms with Crippen molar-refractivity contribution in [3.8, 4) is 0 Å². The van der Waals surface area contributed by atoms with E-state index in [0.29, 0.717) is 0 Å². The van der Waals surface area contributed by atoms with Crippen LogP contribution in [0.4, 0.5) is 0 Å². The lowest BCUT2D eigenvalue weighted by Gasteiger charge is -2.29. The second-order valence-electron chi connectivity index (χ2n) is 4.06. The third-order valence-electron chi connectivity index (χ3n) is 3.10. The molecule has 1 aromatic carbocycles. The molecule has 0 saturated carbocycles. The Hall–Kier alpha value is -0.123. The van der Waals surface area contributed by atoms with Crippen molar-refractivity contribution in [2.24, 2.45) is 0 Å². The molecule has 0 fully saturated rings. The Morgan fingerprint density at radius 2 is 1.62 bits per heavy atom. The SMILES string of the molecule is CCCO[Si](CC)(CC)c1ccc(Br)cc1. The average molecular weight is 301 g/mol. The van der Waals surface area contributed by atoms with Crippen LogP contribution < -0.4 is 5.19 Å². The van der Waals surface area contributed by atoms with Gasteiger partial charge in [0.1, 0.15) is 0 Å². The minimum absolute atomic E-state index is 0.893. The molecule has 0 saturated heterocycles. The highest BCUT2D eigenvalue weighted by Crippen LogP contribution is 2.18. The summed E-state index contributed by atoms with van der Waals surface area (Å²) >= 11 is 3.48. The maximum Gasteiger partial charge on any atom is 0.223 e. The Balaban J connectivity index is 2.95. The molecule has 0 aliphatic rings. The fourth-order valence-corrected chi connectivity index (χ4v) is 5.52. The van der Waals surface area contributed by atoms with Crippen molar-refractivity contribution < 1.29 is 4.43 Å². The number of benzene rings is 1. The molecule has 0 spiro atoms. The molecule has 1 nitrogen and oxygen atoms in total. The topological polar surface area (TPSA) is 9.23 Å². The van der Waals surface area contributed by atoms with Gasteiger partial charge in [0.05, 0.1) is 0 Å². The lowest BCUT2D eigenvalue weighted by molar-refractivity contribution is 0.308. The molecule has 0 radical (unpaired) electrons. The van der Waals surface area contributed by atoms with Crippen LogP contribution in [0.3, 0.4) is 0 Å². The zero-order valence-electron chi connectivity index (χ0n) is 10.4. The molecule has 0 amide bonds. The molecule has 90 valence electrons. The third-order valence-corrected chi connectivity index (χ3v) is 8.05. The smallest absolute Gasteiger partial charge is 0.223 e. The van der Waals surface area contributed by atoms with Crippen LogP contribution in [-0.2, 0) is 4.43 Å². The van der Waals surface area contributed by atoms with Crippen LogP contribution in [0.5, 0.6) is 0 Å². The van der Waals surface area contributed by atoms with Crippen molar-refractivity contribution in [3.63, 3.8) is 0 Å². The minimum atomic E-state index is -1.68. The van der Waals surface area contributed by atoms with E-state index in [-0.39, 0.29) is 0 Å². The normalized spacial score (nSPS) is 11.8. The maximum atomic E-state index is 6.23. The highest BCUT2D eigenvalue weighted by molar-refractivity contribution is 9.10. The van der Waals surface area contributed by atoms with E-state index < -0.39 is 8.32 Å². The second-order valence-corrected chi connectivity index (χ2v) is 9.24. The Labute approximate surface area is 108 Å². The first-order valence-corrected chi connectivity index (χ1v) is 9.20. The van der Waals surface area contributed by atoms with Gasteiger partial charge in [0.25, 0.3) is 0 Å². The van der Waals surface area contributed by atoms with Crippen molar-refractivity contribution in [1.29, 1.82) is 0 Å². The van der Waals surface area contributed by atoms with Gasteiger partial charge in [-0.1, -0.05) is 48.8 Å². The van der Waals surface area contributed by atoms with Crippen LogP contribution in [0.2, 0.25) is 12.1 Å². The average Bonchev–Trinajstić information content (AvgIpc) is 2.33. The minimum Gasteiger partial charge on any atom is -0.412 e. The van der Waals surface area contributed by atoms with E-state index in [1.54, 1.807) is 0 Å². The van der Waals surface area contributed by atoms with E-state index in [0.717, 1.165) is 29.6 Å². The molecule has 1 rings (SSSR count). The van der Waals surface area contributed by atoms with Crippen molar-refractivity contribution in [2.75, 3.05) is 6.61 Å². The van der Waals surface area contributed by atoms with Crippen molar-refractivity contribution in [1.82, 2.24) is 0 Å². The summed E-state index contributed by atoms with van der Waals surface area (Å²) < 4.78 is 7.37. The summed E-state index contributed by atoms with van der Waals surface area (Å²) in [6.07, 6.45) is 1.10. The Morgan fingerprint density at radius 1 is 1.06 bits per heavy atom. The van der Waals surface area contributed by atoms with Crippen LogP contribution in [0.25, 0.3) is 0 Å². The standard InChI is InChI=1S/C13H21BrOSi/c1-4-11-15-16(5-2,6-3)13-9-7-12(14)8-10-13/h7-10H,4-6,11H2,1-3H3. The zero-order chi connectivity index (χ0) is 12.0. The lowest BCUT2D eigenvalue weighted by atomic mass is 10.4. The summed E-state index contributed by atoms with van der Waals surface area (Å²) in [5, 5.41) is 1.43. The van der Waals surface area contributed by atoms with Crippen molar-refractivity contribution >= 4 is 29.4 Å². The van der Waals surface area contributed by atoms with Crippen LogP contribution in [0, 0.1) is 0 Å². The fourth-order valence-electron chi connectivity index (χ4n) is 2.00. The predicted molar refractivity (Wildman–Crippen MR) is 76.7 cm³/mol. The molecular weight excluding hydrogens is 280 g/mol. The van der Waals surface area contributed by atoms with Gasteiger partial charge in [0, 0.05) is 11.1 Å². The van der Waals surface area contributed by atoms with Crippen molar-refractivity contribution in [2.45, 2.75) is 39.3 Å². The lowest BCUT2D eigenvalue weighted by Crippen LogP contribution is -2.49. The van der Waals surface area contributed by atoms with Gasteiger partial charge in [-0.05, 0) is 35.8 Å². The Morgan fingerprint density at radius 3 is 2.06 bits per heavy atom. The number of rotatable bonds is 6. The quantitative estimate of drug-likeness (QED) is 0.720. The fraction of sp³-hybridized carbons (Fsp3) is 0.538. The summed E-state index contributed by atoms with van der Waals surface area (Å²) in [7, 11) is -1.68. The first kappa shape index (κ1) is 13.9. The highest BCUT2D eigenvalue weighted by Gasteiger charge is 2.32. The predicted octanol–water partition coefficient (Wildman–Crippen LogP) is 4.07. The molecule has 0 N–H and O–H groups in total. The molecule has 3 heteroatoms. The summed E-state index contributed by atoms with van der Waals surface area (Å²) in [6, 6.07) is 11.0. The number of halogens is 1. The van der Waals surface area contributed by atoms with Crippen LogP contribution in [-0.4, -0.2) is 14.9 Å². The van der Waals surface area contributed by atoms with E-state index in [2.05, 4.69) is 61.0 Å². The van der Waals surface area contributed by atoms with Gasteiger partial charge in [-0.3, -0.25) is 0 Å². The van der Waals surface area contributed by atoms with Gasteiger partial charge >= 0.3 is 0 Å². The molecule has 0 unspecified atom stereocenters. The second kappa shape index (κ2) is 6.57. The monoisotopic (exact) mass is 300 g/mol. The Bertz CT molecular complexity index is 306. The molecule has 0 aromatic heterocycles. The third kappa shape index (κ3) is 3.19. The van der Waals surface area contributed by atoms with E-state index in [4.69, 9.17) is 4.43 Å². The van der Waals surface area contributed by atoms with Crippen LogP contribution in [0.1, 0.15) is 27.2 Å². The first-order valence-electron chi connectivity index (χ1n) is 6.08. The van der Waals surface area contributed by atoms with Crippen LogP contribution >= 0.6 is 15.9 Å². The summed E-state index contributed by atoms with van der Waals surface area (Å²) in [5.41, 5.74) is 0. The van der Waals surface area contributed by atoms with Crippen LogP contribution in [0.15, 0.2) is 28.7 Å².